The number of benzene rings is 1. The van der Waals surface area contributed by atoms with Crippen LogP contribution in [0.2, 0.25) is 0 Å². The van der Waals surface area contributed by atoms with Crippen LogP contribution in [0.5, 0.6) is 0 Å². The fourth-order valence-electron chi connectivity index (χ4n) is 1.70. The average Bonchev–Trinajstić information content (AvgIpc) is 2.41. The first kappa shape index (κ1) is 22.1. The summed E-state index contributed by atoms with van der Waals surface area (Å²) in [5.74, 6) is -10.7. The zero-order chi connectivity index (χ0) is 20.0. The minimum atomic E-state index is -6.96. The third-order valence-corrected chi connectivity index (χ3v) is 4.32. The summed E-state index contributed by atoms with van der Waals surface area (Å²) >= 11 is 2.37. The predicted molar refractivity (Wildman–Crippen MR) is 66.4 cm³/mol. The van der Waals surface area contributed by atoms with Crippen molar-refractivity contribution in [2.45, 2.75) is 34.6 Å². The lowest BCUT2D eigenvalue weighted by Gasteiger charge is -2.36. The van der Waals surface area contributed by atoms with Crippen molar-refractivity contribution in [3.63, 3.8) is 0 Å². The first-order valence-corrected chi connectivity index (χ1v) is 7.67. The summed E-state index contributed by atoms with van der Waals surface area (Å²) in [5, 5.41) is 0. The third-order valence-electron chi connectivity index (χ3n) is 2.84. The number of halogens is 12. The zero-order valence-corrected chi connectivity index (χ0v) is 13.6. The Bertz CT molecular complexity index is 669. The van der Waals surface area contributed by atoms with E-state index >= 15 is 0 Å². The number of hydrogen-bond acceptors (Lipinski definition) is 1. The van der Waals surface area contributed by atoms with Crippen LogP contribution in [0.15, 0.2) is 27.6 Å². The minimum absolute atomic E-state index is 0.0979. The molecule has 1 nitrogen and oxygen atoms in total. The van der Waals surface area contributed by atoms with Gasteiger partial charge in [0, 0.05) is 14.9 Å². The van der Waals surface area contributed by atoms with Gasteiger partial charge in [0.05, 0.1) is 0 Å². The maximum absolute atomic E-state index is 14.2. The van der Waals surface area contributed by atoms with Gasteiger partial charge in [0.1, 0.15) is 10.8 Å². The summed E-state index contributed by atoms with van der Waals surface area (Å²) in [7, 11) is -3.39. The van der Waals surface area contributed by atoms with E-state index in [2.05, 4.69) is 15.9 Å². The van der Waals surface area contributed by atoms with E-state index in [9.17, 15) is 52.5 Å². The van der Waals surface area contributed by atoms with E-state index in [1.807, 2.05) is 0 Å². The highest BCUT2D eigenvalue weighted by atomic mass is 79.9. The maximum atomic E-state index is 14.2. The van der Waals surface area contributed by atoms with E-state index in [1.54, 1.807) is 0 Å². The highest BCUT2D eigenvalue weighted by Crippen LogP contribution is 2.58. The molecule has 2 unspecified atom stereocenters. The van der Waals surface area contributed by atoms with E-state index in [0.29, 0.717) is 6.07 Å². The van der Waals surface area contributed by atoms with Crippen LogP contribution in [0.1, 0.15) is 5.56 Å². The van der Waals surface area contributed by atoms with Crippen molar-refractivity contribution >= 4 is 26.7 Å². The van der Waals surface area contributed by atoms with Crippen molar-refractivity contribution in [1.82, 2.24) is 0 Å². The molecule has 0 aliphatic heterocycles. The second-order valence-corrected chi connectivity index (χ2v) is 6.80. The summed E-state index contributed by atoms with van der Waals surface area (Å²) in [6.07, 6.45) is -13.7. The lowest BCUT2D eigenvalue weighted by atomic mass is 9.88. The van der Waals surface area contributed by atoms with Crippen molar-refractivity contribution in [1.29, 1.82) is 0 Å². The molecule has 0 aliphatic rings. The van der Waals surface area contributed by atoms with Crippen LogP contribution in [0.4, 0.5) is 48.3 Å². The minimum Gasteiger partial charge on any atom is -0.248 e. The molecule has 144 valence electrons. The molecule has 0 N–H and O–H groups in total. The van der Waals surface area contributed by atoms with Gasteiger partial charge in [-0.3, -0.25) is 0 Å². The molecule has 0 aromatic heterocycles. The largest absolute Gasteiger partial charge is 0.457 e. The molecule has 1 aromatic rings. The molecule has 0 fully saturated rings. The van der Waals surface area contributed by atoms with Crippen LogP contribution < -0.4 is 0 Å². The molecule has 1 aromatic carbocycles. The van der Waals surface area contributed by atoms with Gasteiger partial charge >= 0.3 is 29.7 Å². The molecule has 0 amide bonds. The van der Waals surface area contributed by atoms with E-state index in [4.69, 9.17) is 0 Å². The average molecular weight is 473 g/mol. The molecular weight excluding hydrogens is 469 g/mol. The lowest BCUT2D eigenvalue weighted by Crippen LogP contribution is -2.59. The molecule has 25 heavy (non-hydrogen) atoms. The third kappa shape index (κ3) is 3.78. The van der Waals surface area contributed by atoms with E-state index < -0.39 is 55.4 Å². The summed E-state index contributed by atoms with van der Waals surface area (Å²) in [5.41, 5.74) is -8.64. The van der Waals surface area contributed by atoms with Gasteiger partial charge in [-0.25, -0.2) is 8.60 Å². The number of alkyl halides is 11. The molecule has 0 saturated heterocycles. The van der Waals surface area contributed by atoms with Crippen molar-refractivity contribution < 1.29 is 52.5 Å². The number of rotatable bonds is 4. The molecule has 0 saturated carbocycles. The van der Waals surface area contributed by atoms with Crippen LogP contribution in [0, 0.1) is 0 Å². The summed E-state index contributed by atoms with van der Waals surface area (Å²) in [4.78, 5) is -1.27. The van der Waals surface area contributed by atoms with Gasteiger partial charge in [-0.05, 0) is 18.2 Å². The van der Waals surface area contributed by atoms with Gasteiger partial charge in [0.25, 0.3) is 0 Å². The van der Waals surface area contributed by atoms with Gasteiger partial charge in [0.15, 0.2) is 0 Å². The Hall–Kier alpha value is -0.920. The molecule has 1 rings (SSSR count). The molecule has 0 heterocycles. The first-order valence-electron chi connectivity index (χ1n) is 5.66. The summed E-state index contributed by atoms with van der Waals surface area (Å²) in [6.45, 7) is 0. The smallest absolute Gasteiger partial charge is 0.248 e. The Balaban J connectivity index is 3.79. The summed E-state index contributed by atoms with van der Waals surface area (Å²) < 4.78 is 152. The molecule has 0 radical (unpaired) electrons. The van der Waals surface area contributed by atoms with E-state index in [1.165, 1.54) is 0 Å². The normalized spacial score (nSPS) is 17.5. The van der Waals surface area contributed by atoms with E-state index in [0.717, 1.165) is 0 Å². The fraction of sp³-hybridized carbons (Fsp3) is 0.455. The lowest BCUT2D eigenvalue weighted by molar-refractivity contribution is -0.389. The molecule has 2 atom stereocenters. The Labute approximate surface area is 142 Å². The Kier molecular flexibility index (Phi) is 5.90. The molecule has 0 spiro atoms. The van der Waals surface area contributed by atoms with Gasteiger partial charge in [0.2, 0.25) is 0 Å². The monoisotopic (exact) mass is 472 g/mol. The number of hydrogen-bond donors (Lipinski definition) is 0. The maximum Gasteiger partial charge on any atom is 0.457 e. The van der Waals surface area contributed by atoms with Gasteiger partial charge < -0.3 is 0 Å². The second-order valence-electron chi connectivity index (χ2n) is 4.46. The second kappa shape index (κ2) is 6.67. The molecule has 0 bridgehead atoms. The van der Waals surface area contributed by atoms with Gasteiger partial charge in [-0.2, -0.15) is 43.9 Å². The van der Waals surface area contributed by atoms with Crippen LogP contribution in [0.25, 0.3) is 0 Å². The van der Waals surface area contributed by atoms with Crippen molar-refractivity contribution in [3.05, 3.63) is 28.2 Å². The van der Waals surface area contributed by atoms with Crippen molar-refractivity contribution in [2.75, 3.05) is 0 Å². The van der Waals surface area contributed by atoms with E-state index in [-0.39, 0.29) is 12.1 Å². The quantitative estimate of drug-likeness (QED) is 0.513. The zero-order valence-electron chi connectivity index (χ0n) is 11.2. The Morgan fingerprint density at radius 3 is 1.68 bits per heavy atom. The van der Waals surface area contributed by atoms with Gasteiger partial charge in [-0.1, -0.05) is 15.9 Å². The van der Waals surface area contributed by atoms with Gasteiger partial charge in [-0.15, -0.1) is 0 Å². The topological polar surface area (TPSA) is 17.1 Å². The van der Waals surface area contributed by atoms with Crippen molar-refractivity contribution in [3.8, 4) is 0 Å². The Morgan fingerprint density at radius 2 is 1.32 bits per heavy atom. The highest BCUT2D eigenvalue weighted by molar-refractivity contribution is 9.10. The SMILES string of the molecule is O=S(c1cc(Br)cc(C(F)(C(F)(F)F)C(F)(F)C(F)(F)F)c1)C(F)F. The van der Waals surface area contributed by atoms with Crippen LogP contribution in [-0.4, -0.2) is 28.2 Å². The molecule has 14 heteroatoms. The van der Waals surface area contributed by atoms with Crippen LogP contribution in [-0.2, 0) is 16.5 Å². The summed E-state index contributed by atoms with van der Waals surface area (Å²) in [6, 6.07) is -0.00617. The standard InChI is InChI=1S/C11H4BrF11OS/c12-5-1-4(2-6(3-5)25(24)7(13)14)8(15,10(18,19)20)9(16,17)11(21,22)23/h1-3,7H. The molecule has 0 aliphatic carbocycles. The predicted octanol–water partition coefficient (Wildman–Crippen LogP) is 5.70. The molecular formula is C11H4BrF11OS. The highest BCUT2D eigenvalue weighted by Gasteiger charge is 2.81. The Morgan fingerprint density at radius 1 is 0.840 bits per heavy atom. The van der Waals surface area contributed by atoms with Crippen LogP contribution in [0.3, 0.4) is 0 Å². The fourth-order valence-corrected chi connectivity index (χ4v) is 3.04. The first-order chi connectivity index (χ1) is 11.0. The van der Waals surface area contributed by atoms with Crippen LogP contribution >= 0.6 is 15.9 Å². The van der Waals surface area contributed by atoms with Crippen molar-refractivity contribution in [2.24, 2.45) is 0 Å².